The van der Waals surface area contributed by atoms with E-state index in [1.54, 1.807) is 18.5 Å². The predicted molar refractivity (Wildman–Crippen MR) is 93.6 cm³/mol. The number of hydrogen-bond donors (Lipinski definition) is 1. The highest BCUT2D eigenvalue weighted by molar-refractivity contribution is 5.58. The third-order valence-electron chi connectivity index (χ3n) is 3.99. The lowest BCUT2D eigenvalue weighted by molar-refractivity contribution is -0.0441. The van der Waals surface area contributed by atoms with E-state index in [0.717, 1.165) is 28.2 Å². The van der Waals surface area contributed by atoms with Crippen LogP contribution in [0, 0.1) is 0 Å². The van der Waals surface area contributed by atoms with Crippen LogP contribution in [0.1, 0.15) is 23.2 Å². The lowest BCUT2D eigenvalue weighted by atomic mass is 10.1. The molecule has 1 aromatic carbocycles. The average Bonchev–Trinajstić information content (AvgIpc) is 3.18. The van der Waals surface area contributed by atoms with Gasteiger partial charge in [0, 0.05) is 29.9 Å². The van der Waals surface area contributed by atoms with E-state index in [2.05, 4.69) is 27.1 Å². The van der Waals surface area contributed by atoms with Gasteiger partial charge in [0.15, 0.2) is 6.29 Å². The molecule has 1 aliphatic heterocycles. The fraction of sp³-hybridized carbons (Fsp3) is 0.211. The monoisotopic (exact) mass is 334 g/mol. The molecule has 2 N–H and O–H groups in total. The number of pyridine rings is 1. The molecule has 3 heterocycles. The summed E-state index contributed by atoms with van der Waals surface area (Å²) in [4.78, 5) is 13.1. The van der Waals surface area contributed by atoms with Crippen molar-refractivity contribution in [1.29, 1.82) is 0 Å². The van der Waals surface area contributed by atoms with Crippen LogP contribution in [0.15, 0.2) is 54.9 Å². The lowest BCUT2D eigenvalue weighted by Crippen LogP contribution is -2.01. The molecular weight excluding hydrogens is 316 g/mol. The minimum atomic E-state index is -0.270. The van der Waals surface area contributed by atoms with Crippen molar-refractivity contribution in [2.24, 2.45) is 0 Å². The van der Waals surface area contributed by atoms with Crippen LogP contribution < -0.4 is 5.73 Å². The molecule has 4 rings (SSSR count). The molecular formula is C19H18N4O2. The van der Waals surface area contributed by atoms with Gasteiger partial charge in [-0.25, -0.2) is 15.0 Å². The van der Waals surface area contributed by atoms with Crippen LogP contribution in [0.2, 0.25) is 0 Å². The molecule has 0 amide bonds. The van der Waals surface area contributed by atoms with E-state index in [0.29, 0.717) is 25.5 Å². The zero-order valence-electron chi connectivity index (χ0n) is 13.6. The van der Waals surface area contributed by atoms with Gasteiger partial charge in [0.05, 0.1) is 18.9 Å². The van der Waals surface area contributed by atoms with Crippen LogP contribution in [0.3, 0.4) is 0 Å². The van der Waals surface area contributed by atoms with Gasteiger partial charge in [-0.05, 0) is 23.8 Å². The predicted octanol–water partition coefficient (Wildman–Crippen LogP) is 2.76. The maximum atomic E-state index is 5.64. The van der Waals surface area contributed by atoms with Crippen molar-refractivity contribution in [2.45, 2.75) is 12.7 Å². The van der Waals surface area contributed by atoms with Gasteiger partial charge in [0.25, 0.3) is 0 Å². The van der Waals surface area contributed by atoms with Gasteiger partial charge in [-0.15, -0.1) is 0 Å². The summed E-state index contributed by atoms with van der Waals surface area (Å²) in [6.07, 6.45) is 3.85. The summed E-state index contributed by atoms with van der Waals surface area (Å²) in [6.45, 7) is 1.27. The van der Waals surface area contributed by atoms with Crippen LogP contribution in [-0.2, 0) is 15.9 Å². The maximum absolute atomic E-state index is 5.64. The Hall–Kier alpha value is -2.83. The van der Waals surface area contributed by atoms with Gasteiger partial charge >= 0.3 is 0 Å². The molecule has 0 unspecified atom stereocenters. The molecule has 2 aromatic heterocycles. The van der Waals surface area contributed by atoms with E-state index in [9.17, 15) is 0 Å². The Morgan fingerprint density at radius 1 is 1.04 bits per heavy atom. The van der Waals surface area contributed by atoms with E-state index in [1.165, 1.54) is 0 Å². The second-order valence-electron chi connectivity index (χ2n) is 5.83. The first-order valence-electron chi connectivity index (χ1n) is 8.14. The van der Waals surface area contributed by atoms with E-state index < -0.39 is 0 Å². The van der Waals surface area contributed by atoms with Crippen LogP contribution in [0.4, 0.5) is 5.82 Å². The fourth-order valence-electron chi connectivity index (χ4n) is 2.78. The second kappa shape index (κ2) is 6.96. The Balaban J connectivity index is 1.56. The van der Waals surface area contributed by atoms with Crippen LogP contribution in [0.5, 0.6) is 0 Å². The summed E-state index contributed by atoms with van der Waals surface area (Å²) in [5.41, 5.74) is 9.52. The highest BCUT2D eigenvalue weighted by atomic mass is 16.7. The van der Waals surface area contributed by atoms with Crippen molar-refractivity contribution >= 4 is 5.82 Å². The molecule has 0 radical (unpaired) electrons. The first kappa shape index (κ1) is 15.7. The number of anilines is 1. The average molecular weight is 334 g/mol. The van der Waals surface area contributed by atoms with Gasteiger partial charge in [-0.3, -0.25) is 0 Å². The number of nitrogen functional groups attached to an aromatic ring is 1. The quantitative estimate of drug-likeness (QED) is 0.790. The zero-order valence-corrected chi connectivity index (χ0v) is 13.6. The smallest absolute Gasteiger partial charge is 0.184 e. The molecule has 1 fully saturated rings. The number of ether oxygens (including phenoxy) is 2. The summed E-state index contributed by atoms with van der Waals surface area (Å²) in [7, 11) is 0. The Kier molecular flexibility index (Phi) is 4.37. The molecule has 0 spiro atoms. The zero-order chi connectivity index (χ0) is 17.1. The molecule has 0 saturated carbocycles. The van der Waals surface area contributed by atoms with Gasteiger partial charge in [-0.1, -0.05) is 24.3 Å². The van der Waals surface area contributed by atoms with Crippen LogP contribution in [-0.4, -0.2) is 28.2 Å². The minimum absolute atomic E-state index is 0.270. The van der Waals surface area contributed by atoms with E-state index in [4.69, 9.17) is 15.2 Å². The largest absolute Gasteiger partial charge is 0.384 e. The molecule has 3 aromatic rings. The lowest BCUT2D eigenvalue weighted by Gasteiger charge is -2.11. The number of hydrogen-bond acceptors (Lipinski definition) is 6. The number of nitrogens with zero attached hydrogens (tertiary/aromatic N) is 3. The Bertz CT molecular complexity index is 861. The summed E-state index contributed by atoms with van der Waals surface area (Å²) < 4.78 is 11.1. The van der Waals surface area contributed by atoms with Gasteiger partial charge in [0.2, 0.25) is 0 Å². The molecule has 0 atom stereocenters. The Labute approximate surface area is 145 Å². The third kappa shape index (κ3) is 3.65. The highest BCUT2D eigenvalue weighted by Gasteiger charge is 2.18. The maximum Gasteiger partial charge on any atom is 0.184 e. The van der Waals surface area contributed by atoms with Crippen molar-refractivity contribution in [3.05, 3.63) is 71.8 Å². The van der Waals surface area contributed by atoms with Crippen LogP contribution in [0.25, 0.3) is 11.3 Å². The van der Waals surface area contributed by atoms with Gasteiger partial charge in [0.1, 0.15) is 11.6 Å². The number of aromatic nitrogens is 3. The normalized spacial score (nSPS) is 14.7. The number of rotatable bonds is 4. The first-order chi connectivity index (χ1) is 12.3. The summed E-state index contributed by atoms with van der Waals surface area (Å²) in [6, 6.07) is 13.7. The summed E-state index contributed by atoms with van der Waals surface area (Å²) >= 11 is 0. The number of nitrogens with two attached hydrogens (primary N) is 1. The molecule has 6 heteroatoms. The number of benzene rings is 1. The van der Waals surface area contributed by atoms with Crippen molar-refractivity contribution in [3.8, 4) is 11.3 Å². The molecule has 1 aliphatic rings. The third-order valence-corrected chi connectivity index (χ3v) is 3.99. The molecule has 25 heavy (non-hydrogen) atoms. The minimum Gasteiger partial charge on any atom is -0.384 e. The molecule has 0 bridgehead atoms. The van der Waals surface area contributed by atoms with Crippen molar-refractivity contribution in [1.82, 2.24) is 15.0 Å². The SMILES string of the molecule is Nc1ccc(-c2ccnc(Cc3cccc(C4OCCO4)c3)n2)cn1. The Morgan fingerprint density at radius 2 is 1.92 bits per heavy atom. The summed E-state index contributed by atoms with van der Waals surface area (Å²) in [5, 5.41) is 0. The van der Waals surface area contributed by atoms with Crippen LogP contribution >= 0.6 is 0 Å². The first-order valence-corrected chi connectivity index (χ1v) is 8.14. The van der Waals surface area contributed by atoms with E-state index >= 15 is 0 Å². The van der Waals surface area contributed by atoms with Crippen molar-refractivity contribution < 1.29 is 9.47 Å². The van der Waals surface area contributed by atoms with Crippen molar-refractivity contribution in [3.63, 3.8) is 0 Å². The van der Waals surface area contributed by atoms with E-state index in [1.807, 2.05) is 24.3 Å². The standard InChI is InChI=1S/C19H18N4O2/c20-17-5-4-15(12-22-17)16-6-7-21-18(23-16)11-13-2-1-3-14(10-13)19-24-8-9-25-19/h1-7,10,12,19H,8-9,11H2,(H2,20,22). The van der Waals surface area contributed by atoms with Gasteiger partial charge < -0.3 is 15.2 Å². The second-order valence-corrected chi connectivity index (χ2v) is 5.83. The molecule has 126 valence electrons. The van der Waals surface area contributed by atoms with Gasteiger partial charge in [-0.2, -0.15) is 0 Å². The topological polar surface area (TPSA) is 83.2 Å². The Morgan fingerprint density at radius 3 is 2.72 bits per heavy atom. The molecule has 0 aliphatic carbocycles. The molecule has 1 saturated heterocycles. The summed E-state index contributed by atoms with van der Waals surface area (Å²) in [5.74, 6) is 1.24. The molecule has 6 nitrogen and oxygen atoms in total. The highest BCUT2D eigenvalue weighted by Crippen LogP contribution is 2.24. The van der Waals surface area contributed by atoms with Crippen molar-refractivity contribution in [2.75, 3.05) is 18.9 Å². The fourth-order valence-corrected chi connectivity index (χ4v) is 2.78. The van der Waals surface area contributed by atoms with E-state index in [-0.39, 0.29) is 6.29 Å².